The van der Waals surface area contributed by atoms with E-state index >= 15 is 0 Å². The number of likely N-dealkylation sites (tertiary alicyclic amines) is 1. The Hall–Kier alpha value is -1.82. The minimum absolute atomic E-state index is 0.516. The fourth-order valence-corrected chi connectivity index (χ4v) is 3.61. The van der Waals surface area contributed by atoms with Crippen LogP contribution in [0.1, 0.15) is 38.2 Å². The summed E-state index contributed by atoms with van der Waals surface area (Å²) in [6.45, 7) is 7.02. The zero-order chi connectivity index (χ0) is 17.5. The lowest BCUT2D eigenvalue weighted by Crippen LogP contribution is -2.42. The van der Waals surface area contributed by atoms with Gasteiger partial charge < -0.3 is 19.7 Å². The van der Waals surface area contributed by atoms with Crippen LogP contribution in [-0.2, 0) is 11.3 Å². The first-order valence-electron chi connectivity index (χ1n) is 9.35. The molecule has 25 heavy (non-hydrogen) atoms. The maximum atomic E-state index is 5.50. The Bertz CT molecular complexity index is 569. The molecule has 1 saturated heterocycles. The molecule has 3 rings (SSSR count). The van der Waals surface area contributed by atoms with Gasteiger partial charge in [-0.2, -0.15) is 0 Å². The highest BCUT2D eigenvalue weighted by Gasteiger charge is 2.43. The molecule has 6 heteroatoms. The standard InChI is InChI=1S/C19H30N4O2/c1-3-20-18(23-10-9-19(15-23)7-4-8-19)22-14-16-5-6-17(21-13-16)25-12-11-24-2/h5-6,13H,3-4,7-12,14-15H2,1-2H3,(H,20,22). The van der Waals surface area contributed by atoms with Gasteiger partial charge in [0.2, 0.25) is 5.88 Å². The fraction of sp³-hybridized carbons (Fsp3) is 0.684. The number of aromatic nitrogens is 1. The van der Waals surface area contributed by atoms with Crippen LogP contribution in [0.3, 0.4) is 0 Å². The van der Waals surface area contributed by atoms with Crippen molar-refractivity contribution >= 4 is 5.96 Å². The van der Waals surface area contributed by atoms with Crippen LogP contribution < -0.4 is 10.1 Å². The molecule has 1 aromatic heterocycles. The molecule has 1 aliphatic heterocycles. The number of ether oxygens (including phenoxy) is 2. The van der Waals surface area contributed by atoms with Crippen LogP contribution in [0.4, 0.5) is 0 Å². The molecule has 1 spiro atoms. The topological polar surface area (TPSA) is 59.0 Å². The number of nitrogens with one attached hydrogen (secondary N) is 1. The third kappa shape index (κ3) is 4.63. The van der Waals surface area contributed by atoms with E-state index in [9.17, 15) is 0 Å². The molecule has 1 aliphatic carbocycles. The van der Waals surface area contributed by atoms with Gasteiger partial charge in [0, 0.05) is 39.0 Å². The number of nitrogens with zero attached hydrogens (tertiary/aromatic N) is 3. The molecule has 2 fully saturated rings. The normalized spacial score (nSPS) is 19.1. The summed E-state index contributed by atoms with van der Waals surface area (Å²) in [5, 5.41) is 3.44. The molecule has 0 aromatic carbocycles. The van der Waals surface area contributed by atoms with Crippen molar-refractivity contribution in [3.8, 4) is 5.88 Å². The second-order valence-electron chi connectivity index (χ2n) is 7.04. The summed E-state index contributed by atoms with van der Waals surface area (Å²) in [4.78, 5) is 11.6. The number of methoxy groups -OCH3 is 1. The first-order chi connectivity index (χ1) is 12.2. The lowest BCUT2D eigenvalue weighted by atomic mass is 9.68. The molecule has 6 nitrogen and oxygen atoms in total. The van der Waals surface area contributed by atoms with Crippen LogP contribution in [0, 0.1) is 5.41 Å². The maximum absolute atomic E-state index is 5.50. The predicted molar refractivity (Wildman–Crippen MR) is 98.9 cm³/mol. The van der Waals surface area contributed by atoms with E-state index in [1.807, 2.05) is 18.3 Å². The number of hydrogen-bond acceptors (Lipinski definition) is 4. The summed E-state index contributed by atoms with van der Waals surface area (Å²) in [7, 11) is 1.66. The van der Waals surface area contributed by atoms with Gasteiger partial charge in [-0.3, -0.25) is 0 Å². The summed E-state index contributed by atoms with van der Waals surface area (Å²) < 4.78 is 10.5. The Kier molecular flexibility index (Phi) is 6.13. The lowest BCUT2D eigenvalue weighted by molar-refractivity contribution is 0.143. The molecule has 1 N–H and O–H groups in total. The number of rotatable bonds is 7. The molecule has 2 heterocycles. The molecule has 138 valence electrons. The van der Waals surface area contributed by atoms with Gasteiger partial charge in [0.1, 0.15) is 6.61 Å². The quantitative estimate of drug-likeness (QED) is 0.467. The molecule has 1 aromatic rings. The molecule has 2 aliphatic rings. The van der Waals surface area contributed by atoms with Crippen molar-refractivity contribution in [2.24, 2.45) is 10.4 Å². The van der Waals surface area contributed by atoms with E-state index in [4.69, 9.17) is 14.5 Å². The van der Waals surface area contributed by atoms with Gasteiger partial charge in [0.05, 0.1) is 13.2 Å². The molecule has 0 bridgehead atoms. The molecule has 0 unspecified atom stereocenters. The van der Waals surface area contributed by atoms with Crippen LogP contribution in [0.2, 0.25) is 0 Å². The Morgan fingerprint density at radius 1 is 1.32 bits per heavy atom. The van der Waals surface area contributed by atoms with Crippen molar-refractivity contribution in [3.05, 3.63) is 23.9 Å². The number of pyridine rings is 1. The van der Waals surface area contributed by atoms with E-state index in [-0.39, 0.29) is 0 Å². The first kappa shape index (κ1) is 18.0. The number of hydrogen-bond donors (Lipinski definition) is 1. The highest BCUT2D eigenvalue weighted by Crippen LogP contribution is 2.47. The highest BCUT2D eigenvalue weighted by atomic mass is 16.5. The first-order valence-corrected chi connectivity index (χ1v) is 9.35. The average molecular weight is 346 g/mol. The van der Waals surface area contributed by atoms with Gasteiger partial charge in [0.15, 0.2) is 5.96 Å². The molecule has 0 atom stereocenters. The monoisotopic (exact) mass is 346 g/mol. The van der Waals surface area contributed by atoms with E-state index in [1.165, 1.54) is 25.7 Å². The largest absolute Gasteiger partial charge is 0.475 e. The van der Waals surface area contributed by atoms with E-state index in [2.05, 4.69) is 22.1 Å². The van der Waals surface area contributed by atoms with Crippen LogP contribution in [-0.4, -0.2) is 55.8 Å². The Morgan fingerprint density at radius 3 is 2.80 bits per heavy atom. The van der Waals surface area contributed by atoms with Crippen LogP contribution in [0.5, 0.6) is 5.88 Å². The lowest BCUT2D eigenvalue weighted by Gasteiger charge is -2.38. The van der Waals surface area contributed by atoms with Gasteiger partial charge >= 0.3 is 0 Å². The van der Waals surface area contributed by atoms with E-state index < -0.39 is 0 Å². The third-order valence-electron chi connectivity index (χ3n) is 5.23. The van der Waals surface area contributed by atoms with Gasteiger partial charge in [-0.1, -0.05) is 12.5 Å². The fourth-order valence-electron chi connectivity index (χ4n) is 3.61. The minimum Gasteiger partial charge on any atom is -0.475 e. The highest BCUT2D eigenvalue weighted by molar-refractivity contribution is 5.80. The van der Waals surface area contributed by atoms with E-state index in [0.717, 1.165) is 31.2 Å². The number of aliphatic imine (C=N–C) groups is 1. The maximum Gasteiger partial charge on any atom is 0.213 e. The summed E-state index contributed by atoms with van der Waals surface area (Å²) in [6.07, 6.45) is 7.32. The van der Waals surface area contributed by atoms with Gasteiger partial charge in [0.25, 0.3) is 0 Å². The Balaban J connectivity index is 1.56. The van der Waals surface area contributed by atoms with Crippen LogP contribution >= 0.6 is 0 Å². The zero-order valence-electron chi connectivity index (χ0n) is 15.5. The average Bonchev–Trinajstić information content (AvgIpc) is 3.06. The van der Waals surface area contributed by atoms with Crippen molar-refractivity contribution in [1.82, 2.24) is 15.2 Å². The summed E-state index contributed by atoms with van der Waals surface area (Å²) in [6, 6.07) is 3.92. The molecule has 0 radical (unpaired) electrons. The van der Waals surface area contributed by atoms with Gasteiger partial charge in [-0.25, -0.2) is 9.98 Å². The van der Waals surface area contributed by atoms with Crippen molar-refractivity contribution in [3.63, 3.8) is 0 Å². The molecular formula is C19H30N4O2. The van der Waals surface area contributed by atoms with Crippen molar-refractivity contribution < 1.29 is 9.47 Å². The van der Waals surface area contributed by atoms with Crippen LogP contribution in [0.25, 0.3) is 0 Å². The SMILES string of the molecule is CCNC(=NCc1ccc(OCCOC)nc1)N1CCC2(CCC2)C1. The summed E-state index contributed by atoms with van der Waals surface area (Å²) in [5.41, 5.74) is 1.67. The number of guanidine groups is 1. The minimum atomic E-state index is 0.516. The predicted octanol–water partition coefficient (Wildman–Crippen LogP) is 2.45. The van der Waals surface area contributed by atoms with E-state index in [0.29, 0.717) is 31.1 Å². The molecular weight excluding hydrogens is 316 g/mol. The van der Waals surface area contributed by atoms with Crippen molar-refractivity contribution in [1.29, 1.82) is 0 Å². The molecule has 1 saturated carbocycles. The third-order valence-corrected chi connectivity index (χ3v) is 5.23. The second-order valence-corrected chi connectivity index (χ2v) is 7.04. The van der Waals surface area contributed by atoms with Crippen molar-refractivity contribution in [2.75, 3.05) is 40.0 Å². The summed E-state index contributed by atoms with van der Waals surface area (Å²) >= 11 is 0. The summed E-state index contributed by atoms with van der Waals surface area (Å²) in [5.74, 6) is 1.66. The van der Waals surface area contributed by atoms with Gasteiger partial charge in [-0.05, 0) is 37.2 Å². The van der Waals surface area contributed by atoms with Gasteiger partial charge in [-0.15, -0.1) is 0 Å². The van der Waals surface area contributed by atoms with E-state index in [1.54, 1.807) is 7.11 Å². The van der Waals surface area contributed by atoms with Crippen molar-refractivity contribution in [2.45, 2.75) is 39.2 Å². The molecule has 0 amide bonds. The smallest absolute Gasteiger partial charge is 0.213 e. The van der Waals surface area contributed by atoms with Crippen LogP contribution in [0.15, 0.2) is 23.3 Å². The second kappa shape index (κ2) is 8.52. The zero-order valence-corrected chi connectivity index (χ0v) is 15.5. The Labute approximate surface area is 150 Å². The Morgan fingerprint density at radius 2 is 2.20 bits per heavy atom.